The monoisotopic (exact) mass is 452 g/mol. The molecule has 2 aliphatic rings. The third-order valence-corrected chi connectivity index (χ3v) is 5.96. The Balaban J connectivity index is 1.75. The largest absolute Gasteiger partial charge is 0.444 e. The molecule has 176 valence electrons. The van der Waals surface area contributed by atoms with E-state index in [1.807, 2.05) is 0 Å². The highest BCUT2D eigenvalue weighted by molar-refractivity contribution is 5.86. The number of carbonyl (C=O) groups excluding carboxylic acids is 3. The van der Waals surface area contributed by atoms with Gasteiger partial charge in [0.1, 0.15) is 29.1 Å². The lowest BCUT2D eigenvalue weighted by atomic mass is 9.85. The van der Waals surface area contributed by atoms with Crippen molar-refractivity contribution < 1.29 is 33.0 Å². The maximum atomic E-state index is 13.7. The molecule has 0 radical (unpaired) electrons. The zero-order chi connectivity index (χ0) is 23.7. The second-order valence-corrected chi connectivity index (χ2v) is 9.69. The van der Waals surface area contributed by atoms with E-state index in [-0.39, 0.29) is 43.3 Å². The lowest BCUT2D eigenvalue weighted by Gasteiger charge is -2.43. The van der Waals surface area contributed by atoms with E-state index in [0.717, 1.165) is 18.2 Å². The highest BCUT2D eigenvalue weighted by atomic mass is 19.1. The van der Waals surface area contributed by atoms with Crippen molar-refractivity contribution in [3.8, 4) is 0 Å². The maximum absolute atomic E-state index is 13.7. The minimum atomic E-state index is -1.74. The molecular weight excluding hydrogens is 422 g/mol. The molecule has 0 aliphatic carbocycles. The maximum Gasteiger partial charge on any atom is 0.410 e. The summed E-state index contributed by atoms with van der Waals surface area (Å²) in [5, 5.41) is 13.8. The number of fused-ring (bicyclic) bond motifs is 2. The number of aldehydes is 1. The number of hydrogen-bond donors (Lipinski definition) is 2. The zero-order valence-electron chi connectivity index (χ0n) is 18.6. The minimum absolute atomic E-state index is 0.0342. The lowest BCUT2D eigenvalue weighted by Crippen LogP contribution is -2.59. The molecule has 2 fully saturated rings. The second-order valence-electron chi connectivity index (χ2n) is 9.69. The molecule has 32 heavy (non-hydrogen) atoms. The van der Waals surface area contributed by atoms with E-state index >= 15 is 0 Å². The van der Waals surface area contributed by atoms with Crippen LogP contribution >= 0.6 is 0 Å². The number of amides is 2. The van der Waals surface area contributed by atoms with Crippen molar-refractivity contribution in [3.63, 3.8) is 0 Å². The SMILES string of the molecule is CC(C)(C)OC(=O)N1C2CCC1CC(O)(C(=O)NC(CCC=O)c1cc(F)cc(F)c1)C2. The minimum Gasteiger partial charge on any atom is -0.444 e. The van der Waals surface area contributed by atoms with Gasteiger partial charge in [0, 0.05) is 37.4 Å². The highest BCUT2D eigenvalue weighted by Crippen LogP contribution is 2.42. The van der Waals surface area contributed by atoms with Crippen molar-refractivity contribution in [1.82, 2.24) is 10.2 Å². The number of benzene rings is 1. The molecule has 3 unspecified atom stereocenters. The summed E-state index contributed by atoms with van der Waals surface area (Å²) in [4.78, 5) is 38.2. The Bertz CT molecular complexity index is 851. The number of halogens is 2. The van der Waals surface area contributed by atoms with Crippen LogP contribution in [0.25, 0.3) is 0 Å². The number of ether oxygens (including phenoxy) is 1. The van der Waals surface area contributed by atoms with Crippen molar-refractivity contribution in [2.24, 2.45) is 0 Å². The summed E-state index contributed by atoms with van der Waals surface area (Å²) in [6, 6.07) is 1.37. The Kier molecular flexibility index (Phi) is 6.88. The van der Waals surface area contributed by atoms with Crippen LogP contribution in [-0.2, 0) is 14.3 Å². The molecule has 2 heterocycles. The first-order chi connectivity index (χ1) is 14.9. The molecule has 2 N–H and O–H groups in total. The lowest BCUT2D eigenvalue weighted by molar-refractivity contribution is -0.148. The smallest absolute Gasteiger partial charge is 0.410 e. The van der Waals surface area contributed by atoms with Crippen LogP contribution in [-0.4, -0.2) is 51.6 Å². The number of nitrogens with zero attached hydrogens (tertiary/aromatic N) is 1. The van der Waals surface area contributed by atoms with E-state index in [1.165, 1.54) is 0 Å². The number of rotatable bonds is 6. The van der Waals surface area contributed by atoms with Crippen molar-refractivity contribution in [3.05, 3.63) is 35.4 Å². The summed E-state index contributed by atoms with van der Waals surface area (Å²) in [7, 11) is 0. The van der Waals surface area contributed by atoms with Crippen LogP contribution in [0.4, 0.5) is 13.6 Å². The quantitative estimate of drug-likeness (QED) is 0.645. The first-order valence-electron chi connectivity index (χ1n) is 10.9. The standard InChI is InChI=1S/C23H30F2N2O5/c1-22(2,3)32-21(30)27-17-6-7-18(27)13-23(31,12-17)20(29)26-19(5-4-8-28)14-9-15(24)11-16(25)10-14/h8-11,17-19,31H,4-7,12-13H2,1-3H3,(H,26,29). The number of piperidine rings is 1. The zero-order valence-corrected chi connectivity index (χ0v) is 18.6. The van der Waals surface area contributed by atoms with Crippen LogP contribution in [0.1, 0.15) is 70.9 Å². The van der Waals surface area contributed by atoms with Gasteiger partial charge in [-0.1, -0.05) is 0 Å². The summed E-state index contributed by atoms with van der Waals surface area (Å²) < 4.78 is 32.9. The fourth-order valence-corrected chi connectivity index (χ4v) is 4.65. The fourth-order valence-electron chi connectivity index (χ4n) is 4.65. The van der Waals surface area contributed by atoms with Crippen molar-refractivity contribution in [2.75, 3.05) is 0 Å². The van der Waals surface area contributed by atoms with Gasteiger partial charge in [0.15, 0.2) is 0 Å². The molecule has 3 rings (SSSR count). The number of aliphatic hydroxyl groups is 1. The van der Waals surface area contributed by atoms with Crippen LogP contribution in [0.5, 0.6) is 0 Å². The normalized spacial score (nSPS) is 25.9. The molecule has 0 aromatic heterocycles. The molecule has 1 aromatic carbocycles. The van der Waals surface area contributed by atoms with Gasteiger partial charge < -0.3 is 24.9 Å². The fraction of sp³-hybridized carbons (Fsp3) is 0.609. The summed E-state index contributed by atoms with van der Waals surface area (Å²) in [6.45, 7) is 5.32. The molecule has 0 spiro atoms. The summed E-state index contributed by atoms with van der Waals surface area (Å²) in [5.74, 6) is -2.28. The third-order valence-electron chi connectivity index (χ3n) is 5.96. The summed E-state index contributed by atoms with van der Waals surface area (Å²) >= 11 is 0. The number of nitrogens with one attached hydrogen (secondary N) is 1. The van der Waals surface area contributed by atoms with Crippen LogP contribution in [0.3, 0.4) is 0 Å². The van der Waals surface area contributed by atoms with Crippen LogP contribution in [0.2, 0.25) is 0 Å². The van der Waals surface area contributed by atoms with Gasteiger partial charge in [-0.2, -0.15) is 0 Å². The first kappa shape index (κ1) is 24.1. The van der Waals surface area contributed by atoms with Gasteiger partial charge in [-0.05, 0) is 57.7 Å². The molecule has 2 aliphatic heterocycles. The van der Waals surface area contributed by atoms with E-state index < -0.39 is 40.9 Å². The van der Waals surface area contributed by atoms with Gasteiger partial charge in [0.05, 0.1) is 6.04 Å². The predicted molar refractivity (Wildman–Crippen MR) is 112 cm³/mol. The predicted octanol–water partition coefficient (Wildman–Crippen LogP) is 3.39. The molecule has 1 aromatic rings. The Labute approximate surface area is 186 Å². The van der Waals surface area contributed by atoms with Crippen molar-refractivity contribution >= 4 is 18.3 Å². The van der Waals surface area contributed by atoms with Gasteiger partial charge in [-0.25, -0.2) is 13.6 Å². The van der Waals surface area contributed by atoms with Crippen LogP contribution in [0.15, 0.2) is 18.2 Å². The molecule has 0 saturated carbocycles. The molecule has 7 nitrogen and oxygen atoms in total. The topological polar surface area (TPSA) is 95.9 Å². The average Bonchev–Trinajstić information content (AvgIpc) is 2.95. The summed E-state index contributed by atoms with van der Waals surface area (Å²) in [5.41, 5.74) is -2.22. The molecule has 2 bridgehead atoms. The van der Waals surface area contributed by atoms with E-state index in [0.29, 0.717) is 19.1 Å². The molecule has 3 atom stereocenters. The Hall–Kier alpha value is -2.55. The van der Waals surface area contributed by atoms with Crippen molar-refractivity contribution in [2.45, 2.75) is 88.6 Å². The average molecular weight is 452 g/mol. The van der Waals surface area contributed by atoms with Gasteiger partial charge in [-0.3, -0.25) is 4.79 Å². The molecule has 2 saturated heterocycles. The molecule has 9 heteroatoms. The number of carbonyl (C=O) groups is 3. The van der Waals surface area contributed by atoms with Gasteiger partial charge in [0.25, 0.3) is 5.91 Å². The van der Waals surface area contributed by atoms with E-state index in [4.69, 9.17) is 4.74 Å². The second kappa shape index (κ2) is 9.13. The Morgan fingerprint density at radius 3 is 2.28 bits per heavy atom. The van der Waals surface area contributed by atoms with Crippen molar-refractivity contribution in [1.29, 1.82) is 0 Å². The molecule has 2 amide bonds. The highest BCUT2D eigenvalue weighted by Gasteiger charge is 2.53. The van der Waals surface area contributed by atoms with E-state index in [9.17, 15) is 28.3 Å². The van der Waals surface area contributed by atoms with Crippen LogP contribution < -0.4 is 5.32 Å². The van der Waals surface area contributed by atoms with Gasteiger partial charge in [-0.15, -0.1) is 0 Å². The van der Waals surface area contributed by atoms with Gasteiger partial charge >= 0.3 is 6.09 Å². The number of hydrogen-bond acceptors (Lipinski definition) is 5. The summed E-state index contributed by atoms with van der Waals surface area (Å²) in [6.07, 6.45) is 1.74. The molecular formula is C23H30F2N2O5. The Morgan fingerprint density at radius 1 is 1.22 bits per heavy atom. The Morgan fingerprint density at radius 2 is 1.78 bits per heavy atom. The first-order valence-corrected chi connectivity index (χ1v) is 10.9. The van der Waals surface area contributed by atoms with E-state index in [1.54, 1.807) is 25.7 Å². The third kappa shape index (κ3) is 5.43. The van der Waals surface area contributed by atoms with E-state index in [2.05, 4.69) is 5.32 Å². The van der Waals surface area contributed by atoms with Crippen LogP contribution in [0, 0.1) is 11.6 Å². The van der Waals surface area contributed by atoms with Gasteiger partial charge in [0.2, 0.25) is 0 Å².